The minimum atomic E-state index is -0.741. The number of hydrogen-bond donors (Lipinski definition) is 2. The number of hydrogen-bond acceptors (Lipinski definition) is 6. The molecule has 1 amide bonds. The number of nitrogens with zero attached hydrogens (tertiary/aromatic N) is 1. The Labute approximate surface area is 188 Å². The van der Waals surface area contributed by atoms with Crippen LogP contribution in [0.4, 0.5) is 4.39 Å². The van der Waals surface area contributed by atoms with Crippen LogP contribution < -0.4 is 10.5 Å². The minimum absolute atomic E-state index is 0.0556. The number of halogens is 3. The third kappa shape index (κ3) is 3.38. The molecule has 2 aromatic heterocycles. The van der Waals surface area contributed by atoms with Gasteiger partial charge >= 0.3 is 5.97 Å². The van der Waals surface area contributed by atoms with Gasteiger partial charge in [0.15, 0.2) is 5.75 Å². The van der Waals surface area contributed by atoms with E-state index in [4.69, 9.17) is 38.4 Å². The first-order valence-electron chi connectivity index (χ1n) is 8.92. The molecule has 2 aromatic carbocycles. The standard InChI is InChI=1S/C20H14Cl2FN3O4S/c1-3-30-20(28)17-12(11-8(21)4-5-10(23)16(11)31-17)19-25-13-9(22)6-7(18(24)27)15(29-2)14(13)26-19/h4-6H,3H2,1-2H3,(H2,24,27)(H,25,26). The number of nitrogens with two attached hydrogens (primary N) is 1. The van der Waals surface area contributed by atoms with Crippen molar-refractivity contribution in [3.8, 4) is 17.1 Å². The van der Waals surface area contributed by atoms with E-state index in [-0.39, 0.29) is 54.4 Å². The molecule has 0 spiro atoms. The van der Waals surface area contributed by atoms with Gasteiger partial charge in [-0.05, 0) is 25.1 Å². The van der Waals surface area contributed by atoms with Gasteiger partial charge in [0, 0.05) is 5.39 Å². The van der Waals surface area contributed by atoms with Gasteiger partial charge in [-0.3, -0.25) is 4.79 Å². The number of carbonyl (C=O) groups is 2. The minimum Gasteiger partial charge on any atom is -0.494 e. The van der Waals surface area contributed by atoms with E-state index in [0.29, 0.717) is 10.9 Å². The highest BCUT2D eigenvalue weighted by molar-refractivity contribution is 7.21. The quantitative estimate of drug-likeness (QED) is 0.382. The Kier molecular flexibility index (Phi) is 5.50. The van der Waals surface area contributed by atoms with E-state index in [9.17, 15) is 14.0 Å². The molecule has 4 aromatic rings. The number of thiophene rings is 1. The average Bonchev–Trinajstić information content (AvgIpc) is 3.34. The maximum absolute atomic E-state index is 14.5. The zero-order valence-corrected chi connectivity index (χ0v) is 18.5. The van der Waals surface area contributed by atoms with E-state index < -0.39 is 17.7 Å². The SMILES string of the molecule is CCOC(=O)c1sc2c(F)ccc(Cl)c2c1-c1nc2c(Cl)cc(C(N)=O)c(OC)c2[nH]1. The van der Waals surface area contributed by atoms with Crippen LogP contribution in [0.15, 0.2) is 18.2 Å². The number of rotatable bonds is 5. The van der Waals surface area contributed by atoms with Crippen molar-refractivity contribution in [3.05, 3.63) is 44.5 Å². The van der Waals surface area contributed by atoms with E-state index in [2.05, 4.69) is 9.97 Å². The zero-order chi connectivity index (χ0) is 22.4. The molecule has 0 unspecified atom stereocenters. The van der Waals surface area contributed by atoms with Crippen LogP contribution in [0, 0.1) is 5.82 Å². The van der Waals surface area contributed by atoms with Gasteiger partial charge in [-0.25, -0.2) is 14.2 Å². The number of nitrogens with one attached hydrogen (secondary N) is 1. The number of methoxy groups -OCH3 is 1. The van der Waals surface area contributed by atoms with Crippen LogP contribution in [0.2, 0.25) is 10.0 Å². The van der Waals surface area contributed by atoms with Gasteiger partial charge in [-0.15, -0.1) is 11.3 Å². The number of H-pyrrole nitrogens is 1. The van der Waals surface area contributed by atoms with Gasteiger partial charge in [0.1, 0.15) is 27.6 Å². The lowest BCUT2D eigenvalue weighted by atomic mass is 10.1. The third-order valence-electron chi connectivity index (χ3n) is 4.58. The van der Waals surface area contributed by atoms with Gasteiger partial charge in [0.05, 0.1) is 39.6 Å². The molecule has 0 aliphatic rings. The lowest BCUT2D eigenvalue weighted by molar-refractivity contribution is 0.0532. The van der Waals surface area contributed by atoms with Crippen molar-refractivity contribution in [1.82, 2.24) is 9.97 Å². The Morgan fingerprint density at radius 2 is 2.03 bits per heavy atom. The molecule has 0 radical (unpaired) electrons. The van der Waals surface area contributed by atoms with E-state index >= 15 is 0 Å². The average molecular weight is 482 g/mol. The van der Waals surface area contributed by atoms with Crippen LogP contribution in [-0.2, 0) is 4.74 Å². The maximum Gasteiger partial charge on any atom is 0.349 e. The number of imidazole rings is 1. The summed E-state index contributed by atoms with van der Waals surface area (Å²) in [6.45, 7) is 1.79. The fraction of sp³-hybridized carbons (Fsp3) is 0.150. The number of fused-ring (bicyclic) bond motifs is 2. The topological polar surface area (TPSA) is 107 Å². The van der Waals surface area contributed by atoms with E-state index in [1.54, 1.807) is 6.92 Å². The molecule has 0 bridgehead atoms. The summed E-state index contributed by atoms with van der Waals surface area (Å²) in [5.74, 6) is -1.61. The molecule has 0 aliphatic heterocycles. The first kappa shape index (κ1) is 21.4. The van der Waals surface area contributed by atoms with Crippen molar-refractivity contribution in [1.29, 1.82) is 0 Å². The molecule has 160 valence electrons. The number of amides is 1. The fourth-order valence-electron chi connectivity index (χ4n) is 3.32. The lowest BCUT2D eigenvalue weighted by Gasteiger charge is -2.07. The monoisotopic (exact) mass is 481 g/mol. The number of ether oxygens (including phenoxy) is 2. The Hall–Kier alpha value is -2.88. The normalized spacial score (nSPS) is 11.3. The van der Waals surface area contributed by atoms with Gasteiger partial charge in [-0.2, -0.15) is 0 Å². The number of carbonyl (C=O) groups excluding carboxylic acids is 2. The Balaban J connectivity index is 2.10. The summed E-state index contributed by atoms with van der Waals surface area (Å²) in [5.41, 5.74) is 6.32. The molecule has 31 heavy (non-hydrogen) atoms. The largest absolute Gasteiger partial charge is 0.494 e. The van der Waals surface area contributed by atoms with Crippen LogP contribution in [-0.4, -0.2) is 35.6 Å². The van der Waals surface area contributed by atoms with Crippen molar-refractivity contribution in [3.63, 3.8) is 0 Å². The maximum atomic E-state index is 14.5. The molecule has 2 heterocycles. The second-order valence-corrected chi connectivity index (χ2v) is 8.21. The number of esters is 1. The highest BCUT2D eigenvalue weighted by Gasteiger charge is 2.28. The molecule has 0 atom stereocenters. The second-order valence-electron chi connectivity index (χ2n) is 6.37. The molecule has 0 saturated carbocycles. The van der Waals surface area contributed by atoms with Crippen molar-refractivity contribution in [2.24, 2.45) is 5.73 Å². The molecular formula is C20H14Cl2FN3O4S. The fourth-order valence-corrected chi connectivity index (χ4v) is 5.00. The summed E-state index contributed by atoms with van der Waals surface area (Å²) in [4.78, 5) is 32.1. The molecule has 7 nitrogen and oxygen atoms in total. The second kappa shape index (κ2) is 7.99. The first-order valence-corrected chi connectivity index (χ1v) is 10.5. The van der Waals surface area contributed by atoms with Crippen molar-refractivity contribution >= 4 is 67.5 Å². The Morgan fingerprint density at radius 3 is 2.68 bits per heavy atom. The van der Waals surface area contributed by atoms with Crippen LogP contribution in [0.5, 0.6) is 5.75 Å². The van der Waals surface area contributed by atoms with Crippen molar-refractivity contribution in [2.75, 3.05) is 13.7 Å². The molecule has 3 N–H and O–H groups in total. The summed E-state index contributed by atoms with van der Waals surface area (Å²) in [6, 6.07) is 3.96. The first-order chi connectivity index (χ1) is 14.8. The summed E-state index contributed by atoms with van der Waals surface area (Å²) in [6.07, 6.45) is 0. The van der Waals surface area contributed by atoms with E-state index in [1.807, 2.05) is 0 Å². The van der Waals surface area contributed by atoms with Crippen LogP contribution in [0.25, 0.3) is 32.5 Å². The molecule has 0 aliphatic carbocycles. The highest BCUT2D eigenvalue weighted by atomic mass is 35.5. The van der Waals surface area contributed by atoms with E-state index in [0.717, 1.165) is 11.3 Å². The highest BCUT2D eigenvalue weighted by Crippen LogP contribution is 2.44. The van der Waals surface area contributed by atoms with Gasteiger partial charge < -0.3 is 20.2 Å². The van der Waals surface area contributed by atoms with Crippen molar-refractivity contribution < 1.29 is 23.5 Å². The van der Waals surface area contributed by atoms with Crippen LogP contribution in [0.1, 0.15) is 27.0 Å². The van der Waals surface area contributed by atoms with Crippen molar-refractivity contribution in [2.45, 2.75) is 6.92 Å². The Bertz CT molecular complexity index is 1380. The number of primary amides is 1. The Morgan fingerprint density at radius 1 is 1.29 bits per heavy atom. The molecule has 11 heteroatoms. The number of aromatic amines is 1. The number of benzene rings is 2. The molecular weight excluding hydrogens is 468 g/mol. The van der Waals surface area contributed by atoms with E-state index in [1.165, 1.54) is 25.3 Å². The van der Waals surface area contributed by atoms with Crippen LogP contribution in [0.3, 0.4) is 0 Å². The molecule has 0 fully saturated rings. The predicted molar refractivity (Wildman–Crippen MR) is 118 cm³/mol. The third-order valence-corrected chi connectivity index (χ3v) is 6.36. The summed E-state index contributed by atoms with van der Waals surface area (Å²) < 4.78 is 25.2. The smallest absolute Gasteiger partial charge is 0.349 e. The predicted octanol–water partition coefficient (Wildman–Crippen LogP) is 5.17. The summed E-state index contributed by atoms with van der Waals surface area (Å²) >= 11 is 13.6. The van der Waals surface area contributed by atoms with Gasteiger partial charge in [-0.1, -0.05) is 23.2 Å². The molecule has 4 rings (SSSR count). The summed E-state index contributed by atoms with van der Waals surface area (Å²) in [7, 11) is 1.37. The van der Waals surface area contributed by atoms with Crippen LogP contribution >= 0.6 is 34.5 Å². The molecule has 0 saturated heterocycles. The van der Waals surface area contributed by atoms with Gasteiger partial charge in [0.2, 0.25) is 0 Å². The zero-order valence-electron chi connectivity index (χ0n) is 16.1. The number of aromatic nitrogens is 2. The summed E-state index contributed by atoms with van der Waals surface area (Å²) in [5, 5.41) is 0.676. The lowest BCUT2D eigenvalue weighted by Crippen LogP contribution is -2.12. The van der Waals surface area contributed by atoms with Gasteiger partial charge in [0.25, 0.3) is 5.91 Å².